The van der Waals surface area contributed by atoms with Crippen molar-refractivity contribution in [1.29, 1.82) is 0 Å². The van der Waals surface area contributed by atoms with Crippen LogP contribution in [0.15, 0.2) is 0 Å². The highest BCUT2D eigenvalue weighted by Crippen LogP contribution is 2.60. The molecule has 1 atom stereocenters. The molecule has 0 radical (unpaired) electrons. The van der Waals surface area contributed by atoms with Crippen molar-refractivity contribution >= 4 is 5.97 Å². The summed E-state index contributed by atoms with van der Waals surface area (Å²) in [5, 5.41) is 10.2. The molecule has 1 saturated heterocycles. The molecule has 1 heterocycles. The normalized spacial score (nSPS) is 41.0. The molecule has 5 nitrogen and oxygen atoms in total. The van der Waals surface area contributed by atoms with Gasteiger partial charge >= 0.3 is 5.97 Å². The Bertz CT molecular complexity index is 411. The van der Waals surface area contributed by atoms with Crippen molar-refractivity contribution in [1.82, 2.24) is 4.90 Å². The van der Waals surface area contributed by atoms with Crippen LogP contribution in [0.4, 0.5) is 0 Å². The van der Waals surface area contributed by atoms with Gasteiger partial charge < -0.3 is 14.6 Å². The third kappa shape index (κ3) is 3.28. The van der Waals surface area contributed by atoms with Gasteiger partial charge in [0.2, 0.25) is 0 Å². The molecule has 0 aromatic heterocycles. The molecule has 5 rings (SSSR count). The van der Waals surface area contributed by atoms with Gasteiger partial charge in [0.05, 0.1) is 18.6 Å². The molecule has 4 saturated carbocycles. The molecule has 1 aliphatic heterocycles. The summed E-state index contributed by atoms with van der Waals surface area (Å²) in [7, 11) is 0. The van der Waals surface area contributed by atoms with Crippen LogP contribution in [0.25, 0.3) is 0 Å². The van der Waals surface area contributed by atoms with E-state index < -0.39 is 6.10 Å². The van der Waals surface area contributed by atoms with Gasteiger partial charge in [-0.2, -0.15) is 0 Å². The predicted octanol–water partition coefficient (Wildman–Crippen LogP) is 1.44. The molecule has 5 aliphatic rings. The van der Waals surface area contributed by atoms with Gasteiger partial charge in [0.25, 0.3) is 0 Å². The zero-order valence-corrected chi connectivity index (χ0v) is 13.9. The summed E-state index contributed by atoms with van der Waals surface area (Å²) >= 11 is 0. The SMILES string of the molecule is O=C(OCC(O)CN1CCOCC1)C12CC3CC(CC(C3)C1)C2. The quantitative estimate of drug-likeness (QED) is 0.776. The first-order valence-electron chi connectivity index (χ1n) is 9.28. The maximum atomic E-state index is 12.7. The highest BCUT2D eigenvalue weighted by atomic mass is 16.5. The molecule has 5 heteroatoms. The van der Waals surface area contributed by atoms with Crippen LogP contribution >= 0.6 is 0 Å². The smallest absolute Gasteiger partial charge is 0.312 e. The number of carbonyl (C=O) groups excluding carboxylic acids is 1. The monoisotopic (exact) mass is 323 g/mol. The van der Waals surface area contributed by atoms with Crippen molar-refractivity contribution < 1.29 is 19.4 Å². The van der Waals surface area contributed by atoms with E-state index >= 15 is 0 Å². The van der Waals surface area contributed by atoms with Crippen LogP contribution < -0.4 is 0 Å². The molecule has 0 aromatic carbocycles. The molecule has 4 aliphatic carbocycles. The topological polar surface area (TPSA) is 59.0 Å². The van der Waals surface area contributed by atoms with E-state index in [2.05, 4.69) is 4.90 Å². The number of hydrogen-bond donors (Lipinski definition) is 1. The van der Waals surface area contributed by atoms with Crippen molar-refractivity contribution in [3.63, 3.8) is 0 Å². The maximum absolute atomic E-state index is 12.7. The van der Waals surface area contributed by atoms with E-state index in [1.54, 1.807) is 0 Å². The van der Waals surface area contributed by atoms with Crippen LogP contribution in [0.1, 0.15) is 38.5 Å². The Hall–Kier alpha value is -0.650. The highest BCUT2D eigenvalue weighted by molar-refractivity contribution is 5.77. The number of nitrogens with zero attached hydrogens (tertiary/aromatic N) is 1. The summed E-state index contributed by atoms with van der Waals surface area (Å²) in [5.74, 6) is 2.20. The van der Waals surface area contributed by atoms with Crippen LogP contribution in [0, 0.1) is 23.2 Å². The van der Waals surface area contributed by atoms with Crippen molar-refractivity contribution in [2.45, 2.75) is 44.6 Å². The van der Waals surface area contributed by atoms with E-state index in [4.69, 9.17) is 9.47 Å². The van der Waals surface area contributed by atoms with E-state index in [0.717, 1.165) is 63.3 Å². The Labute approximate surface area is 138 Å². The molecule has 1 N–H and O–H groups in total. The lowest BCUT2D eigenvalue weighted by Gasteiger charge is -2.55. The standard InChI is InChI=1S/C18H29NO4/c20-16(11-19-1-3-22-4-2-19)12-23-17(21)18-8-13-5-14(9-18)7-15(6-13)10-18/h13-16,20H,1-12H2. The summed E-state index contributed by atoms with van der Waals surface area (Å²) < 4.78 is 10.9. The molecular weight excluding hydrogens is 294 g/mol. The Morgan fingerprint density at radius 1 is 1.13 bits per heavy atom. The molecule has 130 valence electrons. The van der Waals surface area contributed by atoms with Crippen molar-refractivity contribution in [2.75, 3.05) is 39.5 Å². The van der Waals surface area contributed by atoms with E-state index in [1.165, 1.54) is 19.3 Å². The highest BCUT2D eigenvalue weighted by Gasteiger charge is 2.55. The average molecular weight is 323 g/mol. The summed E-state index contributed by atoms with van der Waals surface area (Å²) in [6, 6.07) is 0. The number of carbonyl (C=O) groups is 1. The molecule has 0 amide bonds. The fourth-order valence-corrected chi connectivity index (χ4v) is 5.82. The molecule has 5 fully saturated rings. The Balaban J connectivity index is 1.28. The van der Waals surface area contributed by atoms with Gasteiger partial charge in [0, 0.05) is 19.6 Å². The number of ether oxygens (including phenoxy) is 2. The first-order chi connectivity index (χ1) is 11.1. The van der Waals surface area contributed by atoms with Gasteiger partial charge in [-0.15, -0.1) is 0 Å². The van der Waals surface area contributed by atoms with Crippen LogP contribution in [0.2, 0.25) is 0 Å². The minimum absolute atomic E-state index is 0.0300. The number of hydrogen-bond acceptors (Lipinski definition) is 5. The summed E-state index contributed by atoms with van der Waals surface area (Å²) in [4.78, 5) is 14.9. The van der Waals surface area contributed by atoms with Gasteiger partial charge in [-0.25, -0.2) is 0 Å². The van der Waals surface area contributed by atoms with Gasteiger partial charge in [-0.05, 0) is 56.3 Å². The molecule has 0 aromatic rings. The lowest BCUT2D eigenvalue weighted by molar-refractivity contribution is -0.174. The third-order valence-corrected chi connectivity index (χ3v) is 6.45. The number of rotatable bonds is 5. The molecular formula is C18H29NO4. The van der Waals surface area contributed by atoms with Gasteiger partial charge in [0.1, 0.15) is 12.7 Å². The number of β-amino-alcohol motifs (C(OH)–C–C–N with tert-alkyl or cyclic N) is 1. The molecule has 1 unspecified atom stereocenters. The molecule has 23 heavy (non-hydrogen) atoms. The van der Waals surface area contributed by atoms with Gasteiger partial charge in [-0.1, -0.05) is 0 Å². The predicted molar refractivity (Wildman–Crippen MR) is 84.8 cm³/mol. The second-order valence-electron chi connectivity index (χ2n) is 8.36. The lowest BCUT2D eigenvalue weighted by Crippen LogP contribution is -2.51. The van der Waals surface area contributed by atoms with Crippen LogP contribution in [-0.4, -0.2) is 61.5 Å². The summed E-state index contributed by atoms with van der Waals surface area (Å²) in [5.41, 5.74) is -0.215. The zero-order chi connectivity index (χ0) is 15.9. The van der Waals surface area contributed by atoms with Crippen molar-refractivity contribution in [2.24, 2.45) is 23.2 Å². The minimum atomic E-state index is -0.592. The number of aliphatic hydroxyl groups excluding tert-OH is 1. The van der Waals surface area contributed by atoms with Crippen molar-refractivity contribution in [3.05, 3.63) is 0 Å². The Morgan fingerprint density at radius 3 is 2.26 bits per heavy atom. The fourth-order valence-electron chi connectivity index (χ4n) is 5.82. The van der Waals surface area contributed by atoms with E-state index in [0.29, 0.717) is 6.54 Å². The average Bonchev–Trinajstić information content (AvgIpc) is 2.52. The van der Waals surface area contributed by atoms with Crippen LogP contribution in [-0.2, 0) is 14.3 Å². The third-order valence-electron chi connectivity index (χ3n) is 6.45. The number of aliphatic hydroxyl groups is 1. The van der Waals surface area contributed by atoms with Gasteiger partial charge in [0.15, 0.2) is 0 Å². The van der Waals surface area contributed by atoms with Gasteiger partial charge in [-0.3, -0.25) is 9.69 Å². The Kier molecular flexibility index (Phi) is 4.37. The second-order valence-corrected chi connectivity index (χ2v) is 8.36. The van der Waals surface area contributed by atoms with Crippen molar-refractivity contribution in [3.8, 4) is 0 Å². The van der Waals surface area contributed by atoms with E-state index in [1.807, 2.05) is 0 Å². The van der Waals surface area contributed by atoms with Crippen LogP contribution in [0.3, 0.4) is 0 Å². The largest absolute Gasteiger partial charge is 0.462 e. The van der Waals surface area contributed by atoms with Crippen LogP contribution in [0.5, 0.6) is 0 Å². The second kappa shape index (κ2) is 6.34. The summed E-state index contributed by atoms with van der Waals surface area (Å²) in [6.07, 6.45) is 6.46. The summed E-state index contributed by atoms with van der Waals surface area (Å²) in [6.45, 7) is 3.84. The number of morpholine rings is 1. The lowest BCUT2D eigenvalue weighted by atomic mass is 9.49. The maximum Gasteiger partial charge on any atom is 0.312 e. The zero-order valence-electron chi connectivity index (χ0n) is 13.9. The molecule has 0 spiro atoms. The first-order valence-corrected chi connectivity index (χ1v) is 9.28. The number of esters is 1. The molecule has 4 bridgehead atoms. The van der Waals surface area contributed by atoms with E-state index in [9.17, 15) is 9.90 Å². The van der Waals surface area contributed by atoms with E-state index in [-0.39, 0.29) is 18.0 Å². The minimum Gasteiger partial charge on any atom is -0.462 e. The Morgan fingerprint density at radius 2 is 1.70 bits per heavy atom. The first kappa shape index (κ1) is 15.9. The fraction of sp³-hybridized carbons (Fsp3) is 0.944.